The van der Waals surface area contributed by atoms with Crippen LogP contribution in [0, 0.1) is 0 Å². The first-order valence-electron chi connectivity index (χ1n) is 17.4. The van der Waals surface area contributed by atoms with Crippen molar-refractivity contribution in [2.24, 2.45) is 0 Å². The zero-order valence-electron chi connectivity index (χ0n) is 28.1. The quantitative estimate of drug-likeness (QED) is 0.256. The van der Waals surface area contributed by atoms with Crippen molar-refractivity contribution in [2.45, 2.75) is 31.7 Å². The largest absolute Gasteiger partial charge is 0.368 e. The van der Waals surface area contributed by atoms with Gasteiger partial charge in [-0.2, -0.15) is 5.10 Å². The number of carbonyl (C=O) groups excluding carboxylic acids is 5. The van der Waals surface area contributed by atoms with Crippen LogP contribution in [0.15, 0.2) is 91.4 Å². The lowest BCUT2D eigenvalue weighted by Gasteiger charge is -2.37. The molecule has 4 amide bonds. The number of piperidine rings is 1. The van der Waals surface area contributed by atoms with Crippen LogP contribution in [0.5, 0.6) is 0 Å². The first-order valence-corrected chi connectivity index (χ1v) is 17.4. The molecule has 0 bridgehead atoms. The van der Waals surface area contributed by atoms with E-state index in [1.807, 2.05) is 41.2 Å². The number of nitrogens with zero attached hydrogens (tertiary/aromatic N) is 6. The number of amides is 4. The minimum Gasteiger partial charge on any atom is -0.368 e. The van der Waals surface area contributed by atoms with E-state index in [4.69, 9.17) is 5.10 Å². The highest BCUT2D eigenvalue weighted by molar-refractivity contribution is 6.23. The Morgan fingerprint density at radius 1 is 0.615 bits per heavy atom. The smallest absolute Gasteiger partial charge is 0.262 e. The molecule has 0 radical (unpaired) electrons. The fourth-order valence-electron chi connectivity index (χ4n) is 7.76. The SMILES string of the molecule is O=C1CCC(N2C(=O)c3ccc(N4CCN(c5ccc(-n6cc(-c7ccc8c(c7)CCC8=O)c(-c7ccncc7)n6)cc5)CC4)cc3C2=O)C(=O)N1. The number of imide groups is 2. The number of piperazine rings is 1. The van der Waals surface area contributed by atoms with Gasteiger partial charge in [0.2, 0.25) is 11.8 Å². The highest BCUT2D eigenvalue weighted by atomic mass is 16.2. The van der Waals surface area contributed by atoms with E-state index in [1.165, 1.54) is 0 Å². The van der Waals surface area contributed by atoms with E-state index in [-0.39, 0.29) is 29.8 Å². The van der Waals surface area contributed by atoms with E-state index in [2.05, 4.69) is 50.4 Å². The number of aryl methyl sites for hydroxylation is 1. The Morgan fingerprint density at radius 2 is 1.29 bits per heavy atom. The molecule has 5 aromatic rings. The molecule has 1 N–H and O–H groups in total. The fourth-order valence-corrected chi connectivity index (χ4v) is 7.76. The molecular formula is C40H33N7O5. The summed E-state index contributed by atoms with van der Waals surface area (Å²) < 4.78 is 1.90. The van der Waals surface area contributed by atoms with Gasteiger partial charge in [-0.25, -0.2) is 4.68 Å². The summed E-state index contributed by atoms with van der Waals surface area (Å²) >= 11 is 0. The zero-order chi connectivity index (χ0) is 35.5. The summed E-state index contributed by atoms with van der Waals surface area (Å²) in [5.74, 6) is -1.82. The van der Waals surface area contributed by atoms with Crippen LogP contribution in [0.4, 0.5) is 11.4 Å². The minimum absolute atomic E-state index is 0.0833. The van der Waals surface area contributed by atoms with Gasteiger partial charge in [-0.1, -0.05) is 18.2 Å². The summed E-state index contributed by atoms with van der Waals surface area (Å²) in [7, 11) is 0. The molecule has 2 fully saturated rings. The summed E-state index contributed by atoms with van der Waals surface area (Å²) in [5.41, 5.74) is 9.10. The molecule has 2 aromatic heterocycles. The van der Waals surface area contributed by atoms with Crippen LogP contribution in [0.1, 0.15) is 55.9 Å². The summed E-state index contributed by atoms with van der Waals surface area (Å²) in [6.07, 6.45) is 7.09. The topological polar surface area (TPSA) is 138 Å². The second kappa shape index (κ2) is 12.4. The Kier molecular flexibility index (Phi) is 7.53. The molecule has 5 heterocycles. The number of ketones is 1. The van der Waals surface area contributed by atoms with E-state index in [0.29, 0.717) is 19.5 Å². The Bertz CT molecular complexity index is 2310. The lowest BCUT2D eigenvalue weighted by molar-refractivity contribution is -0.136. The van der Waals surface area contributed by atoms with Gasteiger partial charge >= 0.3 is 0 Å². The second-order valence-corrected chi connectivity index (χ2v) is 13.5. The molecule has 4 aliphatic rings. The number of hydrogen-bond acceptors (Lipinski definition) is 9. The average molecular weight is 692 g/mol. The number of hydrogen-bond donors (Lipinski definition) is 1. The van der Waals surface area contributed by atoms with Gasteiger partial charge in [0, 0.05) is 85.7 Å². The summed E-state index contributed by atoms with van der Waals surface area (Å²) in [5, 5.41) is 7.25. The molecule has 258 valence electrons. The average Bonchev–Trinajstić information content (AvgIpc) is 3.86. The standard InChI is InChI=1S/C40H33N7O5/c48-35-11-2-25-21-26(1-8-30(25)35)33-23-46(43-37(33)24-13-15-41-16-14-24)28-5-3-27(4-6-28)44-17-19-45(20-18-44)29-7-9-31-32(22-29)40(52)47(39(31)51)34-10-12-36(49)42-38(34)50/h1,3-9,13-16,21-23,34H,2,10-12,17-20H2,(H,42,49,50). The van der Waals surface area contributed by atoms with Crippen molar-refractivity contribution in [1.29, 1.82) is 0 Å². The van der Waals surface area contributed by atoms with Crippen LogP contribution in [0.2, 0.25) is 0 Å². The van der Waals surface area contributed by atoms with Crippen molar-refractivity contribution in [2.75, 3.05) is 36.0 Å². The second-order valence-electron chi connectivity index (χ2n) is 13.5. The summed E-state index contributed by atoms with van der Waals surface area (Å²) in [6, 6.07) is 22.6. The normalized spacial score (nSPS) is 18.6. The number of benzene rings is 3. The Hall–Kier alpha value is -6.43. The molecule has 0 saturated carbocycles. The maximum atomic E-state index is 13.3. The molecule has 0 spiro atoms. The number of nitrogens with one attached hydrogen (secondary N) is 1. The van der Waals surface area contributed by atoms with Crippen LogP contribution >= 0.6 is 0 Å². The maximum Gasteiger partial charge on any atom is 0.262 e. The number of rotatable bonds is 6. The molecular weight excluding hydrogens is 658 g/mol. The van der Waals surface area contributed by atoms with E-state index >= 15 is 0 Å². The van der Waals surface area contributed by atoms with Crippen LogP contribution in [0.3, 0.4) is 0 Å². The molecule has 2 saturated heterocycles. The van der Waals surface area contributed by atoms with Crippen molar-refractivity contribution in [3.63, 3.8) is 0 Å². The first-order chi connectivity index (χ1) is 25.3. The highest BCUT2D eigenvalue weighted by Gasteiger charge is 2.44. The van der Waals surface area contributed by atoms with E-state index in [9.17, 15) is 24.0 Å². The van der Waals surface area contributed by atoms with Crippen LogP contribution in [-0.4, -0.2) is 81.3 Å². The van der Waals surface area contributed by atoms with Gasteiger partial charge in [-0.05, 0) is 78.6 Å². The number of anilines is 2. The third-order valence-electron chi connectivity index (χ3n) is 10.6. The third kappa shape index (κ3) is 5.34. The monoisotopic (exact) mass is 691 g/mol. The van der Waals surface area contributed by atoms with E-state index < -0.39 is 29.7 Å². The molecule has 52 heavy (non-hydrogen) atoms. The molecule has 12 nitrogen and oxygen atoms in total. The molecule has 1 atom stereocenters. The predicted molar refractivity (Wildman–Crippen MR) is 192 cm³/mol. The highest BCUT2D eigenvalue weighted by Crippen LogP contribution is 2.36. The van der Waals surface area contributed by atoms with Crippen molar-refractivity contribution < 1.29 is 24.0 Å². The molecule has 3 aliphatic heterocycles. The number of carbonyl (C=O) groups is 5. The van der Waals surface area contributed by atoms with Crippen LogP contribution in [0.25, 0.3) is 28.1 Å². The lowest BCUT2D eigenvalue weighted by atomic mass is 9.98. The van der Waals surface area contributed by atoms with E-state index in [1.54, 1.807) is 24.5 Å². The number of fused-ring (bicyclic) bond motifs is 2. The fraction of sp³-hybridized carbons (Fsp3) is 0.225. The maximum absolute atomic E-state index is 13.3. The van der Waals surface area contributed by atoms with Crippen molar-refractivity contribution in [3.05, 3.63) is 114 Å². The summed E-state index contributed by atoms with van der Waals surface area (Å²) in [4.78, 5) is 72.5. The van der Waals surface area contributed by atoms with Gasteiger partial charge in [0.05, 0.1) is 16.8 Å². The number of Topliss-reactive ketones (excluding diaryl/α,β-unsaturated/α-hetero) is 1. The molecule has 12 heteroatoms. The third-order valence-corrected chi connectivity index (χ3v) is 10.6. The zero-order valence-corrected chi connectivity index (χ0v) is 28.1. The Labute approximate surface area is 298 Å². The van der Waals surface area contributed by atoms with E-state index in [0.717, 1.165) is 75.0 Å². The summed E-state index contributed by atoms with van der Waals surface area (Å²) in [6.45, 7) is 2.93. The van der Waals surface area contributed by atoms with Crippen molar-refractivity contribution >= 4 is 40.8 Å². The minimum atomic E-state index is -0.986. The van der Waals surface area contributed by atoms with Gasteiger partial charge < -0.3 is 9.80 Å². The molecule has 1 unspecified atom stereocenters. The van der Waals surface area contributed by atoms with Crippen molar-refractivity contribution in [1.82, 2.24) is 25.0 Å². The Morgan fingerprint density at radius 3 is 2.04 bits per heavy atom. The number of pyridine rings is 1. The lowest BCUT2D eigenvalue weighted by Crippen LogP contribution is -2.54. The molecule has 3 aromatic carbocycles. The van der Waals surface area contributed by atoms with Gasteiger partial charge in [0.25, 0.3) is 11.8 Å². The predicted octanol–water partition coefficient (Wildman–Crippen LogP) is 4.46. The first kappa shape index (κ1) is 31.5. The van der Waals surface area contributed by atoms with Gasteiger partial charge in [0.1, 0.15) is 11.7 Å². The van der Waals surface area contributed by atoms with Crippen LogP contribution in [-0.2, 0) is 16.0 Å². The Balaban J connectivity index is 0.904. The van der Waals surface area contributed by atoms with Gasteiger partial charge in [-0.15, -0.1) is 0 Å². The number of aromatic nitrogens is 3. The molecule has 1 aliphatic carbocycles. The van der Waals surface area contributed by atoms with Crippen LogP contribution < -0.4 is 15.1 Å². The van der Waals surface area contributed by atoms with Gasteiger partial charge in [0.15, 0.2) is 5.78 Å². The van der Waals surface area contributed by atoms with Crippen molar-refractivity contribution in [3.8, 4) is 28.1 Å². The van der Waals surface area contributed by atoms with Gasteiger partial charge in [-0.3, -0.25) is 39.2 Å². The molecule has 9 rings (SSSR count).